The molecule has 2 saturated heterocycles. The Balaban J connectivity index is 0.991. The molecule has 7 rings (SSSR count). The minimum Gasteiger partial charge on any atom is -0.354 e. The average molecular weight is 780 g/mol. The molecule has 3 N–H and O–H groups in total. The molecule has 2 aliphatic rings. The van der Waals surface area contributed by atoms with E-state index in [0.717, 1.165) is 49.7 Å². The second-order valence-electron chi connectivity index (χ2n) is 12.9. The molecule has 2 fully saturated rings. The monoisotopic (exact) mass is 779 g/mol. The average Bonchev–Trinajstić information content (AvgIpc) is 3.89. The fourth-order valence-corrected chi connectivity index (χ4v) is 7.92. The number of aromatic nitrogens is 1. The Morgan fingerprint density at radius 1 is 0.660 bits per heavy atom. The van der Waals surface area contributed by atoms with Crippen LogP contribution in [0.5, 0.6) is 0 Å². The van der Waals surface area contributed by atoms with E-state index in [1.807, 2.05) is 103 Å². The van der Waals surface area contributed by atoms with Crippen molar-refractivity contribution in [1.29, 1.82) is 0 Å². The number of hydrogen-bond donors (Lipinski definition) is 3. The molecule has 0 bridgehead atoms. The SMILES string of the molecule is O=C(Nc1ccc(-c2[nH]c3ccc(NC(=O)[C@@H]4CCCN4C(=O)Cc4ccccc4)cc3c2I)cc1)C1CCCN1C(=O)Cc1ccccc1. The van der Waals surface area contributed by atoms with Crippen LogP contribution < -0.4 is 10.6 Å². The molecule has 2 aliphatic heterocycles. The lowest BCUT2D eigenvalue weighted by molar-refractivity contribution is -0.136. The number of halogens is 1. The minimum atomic E-state index is -0.492. The number of amides is 4. The number of rotatable bonds is 9. The molecule has 1 aromatic heterocycles. The van der Waals surface area contributed by atoms with Gasteiger partial charge >= 0.3 is 0 Å². The molecule has 0 saturated carbocycles. The normalized spacial score (nSPS) is 17.2. The standard InChI is InChI=1S/C40H38IN5O4/c41-37-31-25-30(43-40(50)34-14-8-22-46(34)36(48)24-27-11-5-2-6-12-27)19-20-32(31)44-38(37)28-15-17-29(18-16-28)42-39(49)33-13-7-21-45(33)35(47)23-26-9-3-1-4-10-26/h1-6,9-12,15-20,25,33-34,44H,7-8,13-14,21-24H2,(H,42,49)(H,43,50)/t33?,34-/m0/s1. The number of carbonyl (C=O) groups is 4. The maximum absolute atomic E-state index is 13.4. The first-order valence-electron chi connectivity index (χ1n) is 17.0. The van der Waals surface area contributed by atoms with Gasteiger partial charge < -0.3 is 25.4 Å². The van der Waals surface area contributed by atoms with Crippen molar-refractivity contribution in [2.24, 2.45) is 0 Å². The maximum atomic E-state index is 13.4. The molecule has 50 heavy (non-hydrogen) atoms. The van der Waals surface area contributed by atoms with Gasteiger partial charge in [-0.05, 0) is 95.3 Å². The molecule has 0 radical (unpaired) electrons. The fraction of sp³-hybridized carbons (Fsp3) is 0.250. The van der Waals surface area contributed by atoms with Gasteiger partial charge in [-0.15, -0.1) is 0 Å². The van der Waals surface area contributed by atoms with Crippen molar-refractivity contribution in [3.63, 3.8) is 0 Å². The van der Waals surface area contributed by atoms with Gasteiger partial charge in [-0.25, -0.2) is 0 Å². The zero-order chi connectivity index (χ0) is 34.6. The van der Waals surface area contributed by atoms with E-state index in [2.05, 4.69) is 38.2 Å². The summed E-state index contributed by atoms with van der Waals surface area (Å²) in [6.07, 6.45) is 3.45. The van der Waals surface area contributed by atoms with Crippen molar-refractivity contribution in [2.75, 3.05) is 23.7 Å². The largest absolute Gasteiger partial charge is 0.354 e. The summed E-state index contributed by atoms with van der Waals surface area (Å²) in [6.45, 7) is 1.16. The third kappa shape index (κ3) is 7.30. The van der Waals surface area contributed by atoms with Crippen LogP contribution in [-0.2, 0) is 32.0 Å². The molecule has 10 heteroatoms. The van der Waals surface area contributed by atoms with Crippen LogP contribution in [0.2, 0.25) is 0 Å². The van der Waals surface area contributed by atoms with E-state index in [1.54, 1.807) is 9.80 Å². The fourth-order valence-electron chi connectivity index (χ4n) is 7.03. The number of nitrogens with zero attached hydrogens (tertiary/aromatic N) is 2. The van der Waals surface area contributed by atoms with E-state index in [0.29, 0.717) is 37.3 Å². The molecule has 5 aromatic rings. The Bertz CT molecular complexity index is 2030. The predicted molar refractivity (Wildman–Crippen MR) is 203 cm³/mol. The Labute approximate surface area is 304 Å². The number of carbonyl (C=O) groups excluding carboxylic acids is 4. The summed E-state index contributed by atoms with van der Waals surface area (Å²) in [5.41, 5.74) is 6.04. The van der Waals surface area contributed by atoms with E-state index in [-0.39, 0.29) is 36.5 Å². The van der Waals surface area contributed by atoms with Gasteiger partial charge in [-0.2, -0.15) is 0 Å². The van der Waals surface area contributed by atoms with E-state index < -0.39 is 12.1 Å². The van der Waals surface area contributed by atoms with Gasteiger partial charge in [0.25, 0.3) is 0 Å². The summed E-state index contributed by atoms with van der Waals surface area (Å²) in [7, 11) is 0. The Hall–Kier alpha value is -4.97. The van der Waals surface area contributed by atoms with Crippen molar-refractivity contribution >= 4 is 68.5 Å². The lowest BCUT2D eigenvalue weighted by Crippen LogP contribution is -2.43. The highest BCUT2D eigenvalue weighted by Gasteiger charge is 2.35. The highest BCUT2D eigenvalue weighted by atomic mass is 127. The number of likely N-dealkylation sites (tertiary alicyclic amines) is 2. The summed E-state index contributed by atoms with van der Waals surface area (Å²) in [5.74, 6) is -0.412. The van der Waals surface area contributed by atoms with Gasteiger partial charge in [0.15, 0.2) is 0 Å². The van der Waals surface area contributed by atoms with Crippen LogP contribution in [0.25, 0.3) is 22.2 Å². The second kappa shape index (κ2) is 14.9. The lowest BCUT2D eigenvalue weighted by atomic mass is 10.1. The maximum Gasteiger partial charge on any atom is 0.247 e. The number of H-pyrrole nitrogens is 1. The second-order valence-corrected chi connectivity index (χ2v) is 14.0. The smallest absolute Gasteiger partial charge is 0.247 e. The third-order valence-corrected chi connectivity index (χ3v) is 10.7. The Morgan fingerprint density at radius 2 is 1.16 bits per heavy atom. The van der Waals surface area contributed by atoms with Gasteiger partial charge in [0, 0.05) is 38.9 Å². The molecular formula is C40H38IN5O4. The summed E-state index contributed by atoms with van der Waals surface area (Å²) in [4.78, 5) is 59.7. The van der Waals surface area contributed by atoms with Crippen molar-refractivity contribution in [2.45, 2.75) is 50.6 Å². The summed E-state index contributed by atoms with van der Waals surface area (Å²) in [6, 6.07) is 31.7. The van der Waals surface area contributed by atoms with Gasteiger partial charge in [0.1, 0.15) is 12.1 Å². The number of hydrogen-bond acceptors (Lipinski definition) is 4. The van der Waals surface area contributed by atoms with Crippen molar-refractivity contribution in [3.8, 4) is 11.3 Å². The molecule has 4 aromatic carbocycles. The predicted octanol–water partition coefficient (Wildman–Crippen LogP) is 6.78. The summed E-state index contributed by atoms with van der Waals surface area (Å²) in [5, 5.41) is 7.04. The number of aromatic amines is 1. The number of fused-ring (bicyclic) bond motifs is 1. The first kappa shape index (κ1) is 33.5. The van der Waals surface area contributed by atoms with Crippen LogP contribution in [0.4, 0.5) is 11.4 Å². The van der Waals surface area contributed by atoms with Crippen molar-refractivity contribution in [1.82, 2.24) is 14.8 Å². The Morgan fingerprint density at radius 3 is 1.70 bits per heavy atom. The van der Waals surface area contributed by atoms with Gasteiger partial charge in [-0.1, -0.05) is 72.8 Å². The quantitative estimate of drug-likeness (QED) is 0.143. The van der Waals surface area contributed by atoms with E-state index in [1.165, 1.54) is 0 Å². The zero-order valence-corrected chi connectivity index (χ0v) is 29.7. The topological polar surface area (TPSA) is 115 Å². The lowest BCUT2D eigenvalue weighted by Gasteiger charge is -2.24. The van der Waals surface area contributed by atoms with Crippen molar-refractivity contribution < 1.29 is 19.2 Å². The molecule has 2 atom stereocenters. The molecule has 1 unspecified atom stereocenters. The van der Waals surface area contributed by atoms with Crippen LogP contribution >= 0.6 is 22.6 Å². The number of anilines is 2. The molecule has 0 aliphatic carbocycles. The van der Waals surface area contributed by atoms with Crippen molar-refractivity contribution in [3.05, 3.63) is 118 Å². The van der Waals surface area contributed by atoms with Crippen LogP contribution in [0.3, 0.4) is 0 Å². The first-order chi connectivity index (χ1) is 24.3. The highest BCUT2D eigenvalue weighted by molar-refractivity contribution is 14.1. The van der Waals surface area contributed by atoms with Gasteiger partial charge in [0.05, 0.1) is 18.5 Å². The van der Waals surface area contributed by atoms with Gasteiger partial charge in [0.2, 0.25) is 23.6 Å². The minimum absolute atomic E-state index is 0.0326. The molecule has 254 valence electrons. The Kier molecular flexibility index (Phi) is 9.97. The molecular weight excluding hydrogens is 741 g/mol. The highest BCUT2D eigenvalue weighted by Crippen LogP contribution is 2.34. The van der Waals surface area contributed by atoms with Crippen LogP contribution in [-0.4, -0.2) is 63.6 Å². The van der Waals surface area contributed by atoms with Crippen LogP contribution in [0, 0.1) is 3.57 Å². The number of nitrogens with one attached hydrogen (secondary N) is 3. The molecule has 0 spiro atoms. The number of benzene rings is 4. The summed E-state index contributed by atoms with van der Waals surface area (Å²) >= 11 is 2.31. The van der Waals surface area contributed by atoms with E-state index in [9.17, 15) is 19.2 Å². The van der Waals surface area contributed by atoms with E-state index in [4.69, 9.17) is 0 Å². The van der Waals surface area contributed by atoms with Crippen LogP contribution in [0.1, 0.15) is 36.8 Å². The summed E-state index contributed by atoms with van der Waals surface area (Å²) < 4.78 is 1.00. The third-order valence-electron chi connectivity index (χ3n) is 9.59. The molecule has 4 amide bonds. The molecule has 9 nitrogen and oxygen atoms in total. The first-order valence-corrected chi connectivity index (χ1v) is 18.1. The van der Waals surface area contributed by atoms with Gasteiger partial charge in [-0.3, -0.25) is 19.2 Å². The van der Waals surface area contributed by atoms with Crippen LogP contribution in [0.15, 0.2) is 103 Å². The van der Waals surface area contributed by atoms with E-state index >= 15 is 0 Å². The zero-order valence-electron chi connectivity index (χ0n) is 27.5. The molecule has 3 heterocycles.